The first kappa shape index (κ1) is 17.6. The molecule has 7 heteroatoms. The largest absolute Gasteiger partial charge is 0.496 e. The van der Waals surface area contributed by atoms with Gasteiger partial charge in [0, 0.05) is 22.7 Å². The SMILES string of the molecule is COc1ccccc1CN[C@H]1CNC(=O)c2cc(-c3ccc(Cl)cc3)nn21. The Balaban J connectivity index is 1.59. The van der Waals surface area contributed by atoms with Gasteiger partial charge >= 0.3 is 0 Å². The normalized spacial score (nSPS) is 15.9. The molecule has 2 N–H and O–H groups in total. The number of rotatable bonds is 5. The van der Waals surface area contributed by atoms with Crippen molar-refractivity contribution in [3.8, 4) is 17.0 Å². The number of methoxy groups -OCH3 is 1. The van der Waals surface area contributed by atoms with Gasteiger partial charge in [0.05, 0.1) is 19.3 Å². The monoisotopic (exact) mass is 382 g/mol. The highest BCUT2D eigenvalue weighted by atomic mass is 35.5. The summed E-state index contributed by atoms with van der Waals surface area (Å²) in [4.78, 5) is 12.3. The number of ether oxygens (including phenoxy) is 1. The van der Waals surface area contributed by atoms with Crippen molar-refractivity contribution in [2.24, 2.45) is 0 Å². The molecule has 2 heterocycles. The topological polar surface area (TPSA) is 68.2 Å². The maximum absolute atomic E-state index is 12.3. The third-order valence-electron chi connectivity index (χ3n) is 4.58. The molecular weight excluding hydrogens is 364 g/mol. The molecule has 0 aliphatic carbocycles. The smallest absolute Gasteiger partial charge is 0.269 e. The van der Waals surface area contributed by atoms with Crippen molar-refractivity contribution < 1.29 is 9.53 Å². The fourth-order valence-electron chi connectivity index (χ4n) is 3.17. The molecule has 0 spiro atoms. The van der Waals surface area contributed by atoms with Crippen LogP contribution < -0.4 is 15.4 Å². The van der Waals surface area contributed by atoms with Gasteiger partial charge in [0.1, 0.15) is 17.6 Å². The van der Waals surface area contributed by atoms with E-state index in [9.17, 15) is 4.79 Å². The van der Waals surface area contributed by atoms with E-state index in [0.29, 0.717) is 23.8 Å². The molecular formula is C20H19ClN4O2. The van der Waals surface area contributed by atoms with E-state index in [2.05, 4.69) is 15.7 Å². The van der Waals surface area contributed by atoms with Crippen LogP contribution in [-0.2, 0) is 6.54 Å². The number of carbonyl (C=O) groups excluding carboxylic acids is 1. The Hall–Kier alpha value is -2.83. The lowest BCUT2D eigenvalue weighted by Gasteiger charge is -2.26. The van der Waals surface area contributed by atoms with Crippen molar-refractivity contribution in [3.63, 3.8) is 0 Å². The molecule has 1 amide bonds. The molecule has 1 atom stereocenters. The quantitative estimate of drug-likeness (QED) is 0.710. The van der Waals surface area contributed by atoms with E-state index in [4.69, 9.17) is 16.3 Å². The van der Waals surface area contributed by atoms with Crippen LogP contribution in [0.1, 0.15) is 22.2 Å². The number of halogens is 1. The highest BCUT2D eigenvalue weighted by Crippen LogP contribution is 2.25. The molecule has 2 aromatic carbocycles. The van der Waals surface area contributed by atoms with Crippen molar-refractivity contribution in [3.05, 3.63) is 70.9 Å². The maximum atomic E-state index is 12.3. The van der Waals surface area contributed by atoms with Crippen LogP contribution in [0.2, 0.25) is 5.02 Å². The van der Waals surface area contributed by atoms with Crippen molar-refractivity contribution in [1.29, 1.82) is 0 Å². The van der Waals surface area contributed by atoms with Crippen LogP contribution in [0, 0.1) is 0 Å². The van der Waals surface area contributed by atoms with Gasteiger partial charge in [-0.3, -0.25) is 10.1 Å². The van der Waals surface area contributed by atoms with Crippen molar-refractivity contribution >= 4 is 17.5 Å². The number of benzene rings is 2. The van der Waals surface area contributed by atoms with Gasteiger partial charge in [-0.2, -0.15) is 5.10 Å². The Morgan fingerprint density at radius 1 is 1.26 bits per heavy atom. The molecule has 0 bridgehead atoms. The molecule has 0 saturated carbocycles. The Labute approximate surface area is 162 Å². The number of carbonyl (C=O) groups is 1. The molecule has 138 valence electrons. The van der Waals surface area contributed by atoms with E-state index in [1.165, 1.54) is 0 Å². The fraction of sp³-hybridized carbons (Fsp3) is 0.200. The molecule has 4 rings (SSSR count). The van der Waals surface area contributed by atoms with Crippen LogP contribution in [0.25, 0.3) is 11.3 Å². The molecule has 1 aromatic heterocycles. The van der Waals surface area contributed by atoms with Crippen LogP contribution in [-0.4, -0.2) is 29.3 Å². The first-order chi connectivity index (χ1) is 13.2. The highest BCUT2D eigenvalue weighted by molar-refractivity contribution is 6.30. The van der Waals surface area contributed by atoms with Gasteiger partial charge in [-0.15, -0.1) is 0 Å². The number of hydrogen-bond acceptors (Lipinski definition) is 4. The molecule has 1 aliphatic rings. The van der Waals surface area contributed by atoms with E-state index in [1.807, 2.05) is 48.5 Å². The van der Waals surface area contributed by atoms with Crippen LogP contribution >= 0.6 is 11.6 Å². The van der Waals surface area contributed by atoms with E-state index < -0.39 is 0 Å². The number of nitrogens with zero attached hydrogens (tertiary/aromatic N) is 2. The number of fused-ring (bicyclic) bond motifs is 1. The number of aromatic nitrogens is 2. The second-order valence-corrected chi connectivity index (χ2v) is 6.72. The minimum Gasteiger partial charge on any atom is -0.496 e. The van der Waals surface area contributed by atoms with Gasteiger partial charge in [0.2, 0.25) is 0 Å². The summed E-state index contributed by atoms with van der Waals surface area (Å²) in [6, 6.07) is 17.1. The van der Waals surface area contributed by atoms with Gasteiger partial charge in [-0.05, 0) is 24.3 Å². The molecule has 1 aliphatic heterocycles. The summed E-state index contributed by atoms with van der Waals surface area (Å²) in [5.74, 6) is 0.699. The molecule has 0 fully saturated rings. The Morgan fingerprint density at radius 2 is 2.04 bits per heavy atom. The number of nitrogens with one attached hydrogen (secondary N) is 2. The summed E-state index contributed by atoms with van der Waals surface area (Å²) in [7, 11) is 1.66. The second kappa shape index (κ2) is 7.42. The number of hydrogen-bond donors (Lipinski definition) is 2. The maximum Gasteiger partial charge on any atom is 0.269 e. The van der Waals surface area contributed by atoms with Crippen LogP contribution in [0.15, 0.2) is 54.6 Å². The average molecular weight is 383 g/mol. The zero-order valence-corrected chi connectivity index (χ0v) is 15.5. The summed E-state index contributed by atoms with van der Waals surface area (Å²) in [5.41, 5.74) is 3.23. The lowest BCUT2D eigenvalue weighted by atomic mass is 10.1. The molecule has 0 unspecified atom stereocenters. The zero-order chi connectivity index (χ0) is 18.8. The third kappa shape index (κ3) is 3.54. The van der Waals surface area contributed by atoms with Crippen molar-refractivity contribution in [1.82, 2.24) is 20.4 Å². The molecule has 27 heavy (non-hydrogen) atoms. The van der Waals surface area contributed by atoms with Crippen LogP contribution in [0.5, 0.6) is 5.75 Å². The summed E-state index contributed by atoms with van der Waals surface area (Å²) in [6.07, 6.45) is -0.149. The first-order valence-corrected chi connectivity index (χ1v) is 9.02. The number of amides is 1. The van der Waals surface area contributed by atoms with Crippen LogP contribution in [0.4, 0.5) is 0 Å². The minimum atomic E-state index is -0.149. The molecule has 6 nitrogen and oxygen atoms in total. The molecule has 0 saturated heterocycles. The molecule has 0 radical (unpaired) electrons. The lowest BCUT2D eigenvalue weighted by molar-refractivity contribution is 0.0900. The third-order valence-corrected chi connectivity index (χ3v) is 4.83. The van der Waals surface area contributed by atoms with E-state index in [-0.39, 0.29) is 12.1 Å². The average Bonchev–Trinajstić information content (AvgIpc) is 3.15. The Morgan fingerprint density at radius 3 is 2.81 bits per heavy atom. The first-order valence-electron chi connectivity index (χ1n) is 8.64. The Bertz CT molecular complexity index is 968. The summed E-state index contributed by atoms with van der Waals surface area (Å²) >= 11 is 5.96. The van der Waals surface area contributed by atoms with Crippen molar-refractivity contribution in [2.75, 3.05) is 13.7 Å². The minimum absolute atomic E-state index is 0.127. The summed E-state index contributed by atoms with van der Waals surface area (Å²) in [6.45, 7) is 1.06. The second-order valence-electron chi connectivity index (χ2n) is 6.28. The summed E-state index contributed by atoms with van der Waals surface area (Å²) in [5, 5.41) is 11.7. The van der Waals surface area contributed by atoms with Crippen LogP contribution in [0.3, 0.4) is 0 Å². The fourth-order valence-corrected chi connectivity index (χ4v) is 3.29. The van der Waals surface area contributed by atoms with E-state index >= 15 is 0 Å². The summed E-state index contributed by atoms with van der Waals surface area (Å²) < 4.78 is 7.15. The van der Waals surface area contributed by atoms with Gasteiger partial charge in [-0.1, -0.05) is 41.9 Å². The van der Waals surface area contributed by atoms with Gasteiger partial charge in [-0.25, -0.2) is 4.68 Å². The van der Waals surface area contributed by atoms with E-state index in [1.54, 1.807) is 17.9 Å². The predicted octanol–water partition coefficient (Wildman–Crippen LogP) is 3.24. The zero-order valence-electron chi connectivity index (χ0n) is 14.8. The molecule has 3 aromatic rings. The number of para-hydroxylation sites is 1. The van der Waals surface area contributed by atoms with Gasteiger partial charge in [0.25, 0.3) is 5.91 Å². The van der Waals surface area contributed by atoms with Crippen molar-refractivity contribution in [2.45, 2.75) is 12.7 Å². The Kier molecular flexibility index (Phi) is 4.83. The van der Waals surface area contributed by atoms with E-state index in [0.717, 1.165) is 22.6 Å². The van der Waals surface area contributed by atoms with Gasteiger partial charge < -0.3 is 10.1 Å². The predicted molar refractivity (Wildman–Crippen MR) is 104 cm³/mol. The highest BCUT2D eigenvalue weighted by Gasteiger charge is 2.27. The lowest BCUT2D eigenvalue weighted by Crippen LogP contribution is -2.45. The standard InChI is InChI=1S/C20H19ClN4O2/c1-27-18-5-3-2-4-14(18)11-22-19-12-23-20(26)17-10-16(24-25(17)19)13-6-8-15(21)9-7-13/h2-10,19,22H,11-12H2,1H3,(H,23,26)/t19-/m1/s1. The van der Waals surface area contributed by atoms with Gasteiger partial charge in [0.15, 0.2) is 0 Å².